The van der Waals surface area contributed by atoms with Crippen molar-refractivity contribution in [3.8, 4) is 0 Å². The Labute approximate surface area is 141 Å². The Bertz CT molecular complexity index is 873. The van der Waals surface area contributed by atoms with E-state index in [4.69, 9.17) is 0 Å². The molecule has 0 fully saturated rings. The molecule has 0 saturated carbocycles. The molecule has 1 heterocycles. The number of aromatic nitrogens is 1. The molecule has 0 N–H and O–H groups in total. The first-order valence-corrected chi connectivity index (χ1v) is 9.21. The van der Waals surface area contributed by atoms with E-state index in [0.717, 1.165) is 21.0 Å². The summed E-state index contributed by atoms with van der Waals surface area (Å²) in [6.45, 7) is 0. The van der Waals surface area contributed by atoms with Gasteiger partial charge in [-0.05, 0) is 17.5 Å². The lowest BCUT2D eigenvalue weighted by Crippen LogP contribution is -1.99. The van der Waals surface area contributed by atoms with Gasteiger partial charge in [0.2, 0.25) is 5.78 Å². The molecule has 3 aromatic rings. The number of nitrogens with zero attached hydrogens (tertiary/aromatic N) is 1. The average Bonchev–Trinajstić information content (AvgIpc) is 2.97. The molecule has 0 unspecified atom stereocenters. The molecule has 0 aliphatic rings. The van der Waals surface area contributed by atoms with Gasteiger partial charge in [-0.1, -0.05) is 50.1 Å². The number of ketones is 2. The van der Waals surface area contributed by atoms with Crippen molar-refractivity contribution < 1.29 is 9.59 Å². The van der Waals surface area contributed by atoms with Crippen molar-refractivity contribution in [3.05, 3.63) is 40.9 Å². The monoisotopic (exact) mass is 425 g/mol. The topological polar surface area (TPSA) is 47.0 Å². The maximum atomic E-state index is 11.8. The smallest absolute Gasteiger partial charge is 0.201 e. The van der Waals surface area contributed by atoms with Crippen molar-refractivity contribution in [2.45, 2.75) is 0 Å². The number of hydrogen-bond acceptors (Lipinski definition) is 4. The summed E-state index contributed by atoms with van der Waals surface area (Å²) in [6.07, 6.45) is 0. The molecule has 6 heteroatoms. The summed E-state index contributed by atoms with van der Waals surface area (Å²) in [5.74, 6) is 0.0286. The highest BCUT2D eigenvalue weighted by Gasteiger charge is 2.13. The number of thiazole rings is 1. The van der Waals surface area contributed by atoms with Crippen LogP contribution in [0.3, 0.4) is 0 Å². The summed E-state index contributed by atoms with van der Waals surface area (Å²) in [5.41, 5.74) is 1.49. The molecule has 1 aromatic heterocycles. The van der Waals surface area contributed by atoms with E-state index in [0.29, 0.717) is 15.9 Å². The third-order valence-electron chi connectivity index (χ3n) is 3.18. The number of hydrogen-bond donors (Lipinski definition) is 0. The van der Waals surface area contributed by atoms with Crippen molar-refractivity contribution in [1.82, 2.24) is 4.98 Å². The van der Waals surface area contributed by atoms with E-state index in [1.807, 2.05) is 24.3 Å². The lowest BCUT2D eigenvalue weighted by molar-refractivity contribution is 0.101. The number of rotatable bonds is 4. The van der Waals surface area contributed by atoms with Gasteiger partial charge >= 0.3 is 0 Å². The second-order valence-corrected chi connectivity index (χ2v) is 6.63. The molecule has 21 heavy (non-hydrogen) atoms. The van der Waals surface area contributed by atoms with Crippen LogP contribution in [0.25, 0.3) is 21.0 Å². The van der Waals surface area contributed by atoms with Gasteiger partial charge in [-0.15, -0.1) is 11.3 Å². The first-order valence-electron chi connectivity index (χ1n) is 6.15. The molecular weight excluding hydrogens is 418 g/mol. The number of carbonyl (C=O) groups excluding carboxylic acids is 2. The maximum absolute atomic E-state index is 11.8. The minimum atomic E-state index is -0.0181. The summed E-state index contributed by atoms with van der Waals surface area (Å²) < 4.78 is 0.978. The van der Waals surface area contributed by atoms with E-state index in [2.05, 4.69) is 36.8 Å². The zero-order valence-electron chi connectivity index (χ0n) is 10.7. The molecule has 0 saturated heterocycles. The van der Waals surface area contributed by atoms with Gasteiger partial charge in [0, 0.05) is 10.9 Å². The van der Waals surface area contributed by atoms with Crippen molar-refractivity contribution in [2.75, 3.05) is 10.7 Å². The third-order valence-corrected chi connectivity index (χ3v) is 5.26. The molecule has 3 nitrogen and oxygen atoms in total. The molecule has 2 aromatic carbocycles. The minimum Gasteiger partial charge on any atom is -0.293 e. The predicted molar refractivity (Wildman–Crippen MR) is 93.4 cm³/mol. The molecular formula is C15H9Br2NO2S. The van der Waals surface area contributed by atoms with E-state index in [1.54, 1.807) is 6.07 Å². The van der Waals surface area contributed by atoms with Crippen molar-refractivity contribution >= 4 is 75.8 Å². The van der Waals surface area contributed by atoms with Crippen molar-refractivity contribution in [3.63, 3.8) is 0 Å². The fourth-order valence-corrected chi connectivity index (χ4v) is 3.84. The fourth-order valence-electron chi connectivity index (χ4n) is 2.15. The number of Topliss-reactive ketones (excluding diaryl/α,β-unsaturated/α-hetero) is 2. The molecule has 106 valence electrons. The second-order valence-electron chi connectivity index (χ2n) is 4.48. The van der Waals surface area contributed by atoms with Gasteiger partial charge in [0.1, 0.15) is 0 Å². The van der Waals surface area contributed by atoms with Crippen LogP contribution >= 0.6 is 43.2 Å². The molecule has 0 aliphatic heterocycles. The summed E-state index contributed by atoms with van der Waals surface area (Å²) in [5, 5.41) is 3.01. The summed E-state index contributed by atoms with van der Waals surface area (Å²) in [7, 11) is 0. The zero-order chi connectivity index (χ0) is 15.0. The molecule has 0 amide bonds. The van der Waals surface area contributed by atoms with E-state index < -0.39 is 0 Å². The van der Waals surface area contributed by atoms with E-state index in [1.165, 1.54) is 11.3 Å². The summed E-state index contributed by atoms with van der Waals surface area (Å²) in [6, 6.07) is 9.47. The number of fused-ring (bicyclic) bond motifs is 3. The number of benzene rings is 2. The van der Waals surface area contributed by atoms with Crippen LogP contribution in [-0.2, 0) is 0 Å². The lowest BCUT2D eigenvalue weighted by atomic mass is 10.0. The summed E-state index contributed by atoms with van der Waals surface area (Å²) >= 11 is 7.74. The Kier molecular flexibility index (Phi) is 4.19. The van der Waals surface area contributed by atoms with Gasteiger partial charge < -0.3 is 0 Å². The highest BCUT2D eigenvalue weighted by atomic mass is 79.9. The van der Waals surface area contributed by atoms with Gasteiger partial charge in [0.25, 0.3) is 0 Å². The van der Waals surface area contributed by atoms with Gasteiger partial charge in [-0.3, -0.25) is 9.59 Å². The van der Waals surface area contributed by atoms with Crippen LogP contribution < -0.4 is 0 Å². The predicted octanol–water partition coefficient (Wildman–Crippen LogP) is 4.60. The van der Waals surface area contributed by atoms with Crippen LogP contribution in [0.15, 0.2) is 30.3 Å². The minimum absolute atomic E-state index is 0.0181. The zero-order valence-corrected chi connectivity index (χ0v) is 14.7. The van der Waals surface area contributed by atoms with Gasteiger partial charge in [-0.25, -0.2) is 4.98 Å². The number of halogens is 2. The Morgan fingerprint density at radius 2 is 1.81 bits per heavy atom. The van der Waals surface area contributed by atoms with Crippen LogP contribution in [0.1, 0.15) is 20.2 Å². The molecule has 0 radical (unpaired) electrons. The van der Waals surface area contributed by atoms with Crippen LogP contribution in [0.5, 0.6) is 0 Å². The van der Waals surface area contributed by atoms with E-state index in [-0.39, 0.29) is 16.9 Å². The maximum Gasteiger partial charge on any atom is 0.201 e. The Morgan fingerprint density at radius 3 is 2.52 bits per heavy atom. The lowest BCUT2D eigenvalue weighted by Gasteiger charge is -2.02. The van der Waals surface area contributed by atoms with Crippen molar-refractivity contribution in [1.29, 1.82) is 0 Å². The summed E-state index contributed by atoms with van der Waals surface area (Å²) in [4.78, 5) is 27.9. The highest BCUT2D eigenvalue weighted by Crippen LogP contribution is 2.30. The standard InChI is InChI=1S/C15H9Br2NO2S/c16-6-11(19)9-1-3-10-8(5-9)2-4-13-14(10)18-15(21-13)12(20)7-17/h1-5H,6-7H2. The number of alkyl halides is 2. The Hall–Kier alpha value is -1.11. The molecule has 0 bridgehead atoms. The third kappa shape index (κ3) is 2.67. The molecule has 3 rings (SSSR count). The average molecular weight is 427 g/mol. The largest absolute Gasteiger partial charge is 0.293 e. The molecule has 0 atom stereocenters. The van der Waals surface area contributed by atoms with Crippen molar-refractivity contribution in [2.24, 2.45) is 0 Å². The van der Waals surface area contributed by atoms with Gasteiger partial charge in [0.05, 0.1) is 20.9 Å². The van der Waals surface area contributed by atoms with Crippen LogP contribution in [0.4, 0.5) is 0 Å². The first kappa shape index (κ1) is 14.8. The molecule has 0 aliphatic carbocycles. The quantitative estimate of drug-likeness (QED) is 0.452. The second kappa shape index (κ2) is 5.94. The van der Waals surface area contributed by atoms with Crippen LogP contribution in [0, 0.1) is 0 Å². The normalized spacial score (nSPS) is 11.1. The van der Waals surface area contributed by atoms with E-state index in [9.17, 15) is 9.59 Å². The Morgan fingerprint density at radius 1 is 1.05 bits per heavy atom. The van der Waals surface area contributed by atoms with Crippen LogP contribution in [-0.4, -0.2) is 27.2 Å². The Balaban J connectivity index is 2.21. The number of carbonyl (C=O) groups is 2. The van der Waals surface area contributed by atoms with Gasteiger partial charge in [-0.2, -0.15) is 0 Å². The van der Waals surface area contributed by atoms with Gasteiger partial charge in [0.15, 0.2) is 10.8 Å². The van der Waals surface area contributed by atoms with Crippen LogP contribution in [0.2, 0.25) is 0 Å². The fraction of sp³-hybridized carbons (Fsp3) is 0.133. The highest BCUT2D eigenvalue weighted by molar-refractivity contribution is 9.09. The SMILES string of the molecule is O=C(CBr)c1ccc2c(ccc3sc(C(=O)CBr)nc32)c1. The molecule has 0 spiro atoms. The first-order chi connectivity index (χ1) is 10.1. The van der Waals surface area contributed by atoms with E-state index >= 15 is 0 Å².